The Morgan fingerprint density at radius 2 is 1.89 bits per heavy atom. The number of hydrogen-bond donors (Lipinski definition) is 1. The van der Waals surface area contributed by atoms with Crippen molar-refractivity contribution in [1.29, 1.82) is 0 Å². The van der Waals surface area contributed by atoms with Gasteiger partial charge in [-0.2, -0.15) is 8.42 Å². The molecule has 0 aliphatic carbocycles. The molecular weight excluding hydrogens is 595 g/mol. The number of nitrogens with zero attached hydrogens (tertiary/aromatic N) is 3. The summed E-state index contributed by atoms with van der Waals surface area (Å²) in [6, 6.07) is 9.98. The number of hydrogen-bond acceptors (Lipinski definition) is 9. The maximum atomic E-state index is 13.3. The molecule has 0 unspecified atom stereocenters. The molecule has 0 amide bonds. The molecule has 0 spiro atoms. The van der Waals surface area contributed by atoms with Crippen molar-refractivity contribution in [2.45, 2.75) is 22.4 Å². The number of rotatable bonds is 6. The SMILES string of the molecule is CC1=NS(=O)(=O)c2cc3c(=O)n(-c4ccc(CC(=O)CS(=O)(=O)c5ccc(Cl)s5)cc4Cl)cnc3cc2N1. The van der Waals surface area contributed by atoms with E-state index in [1.807, 2.05) is 0 Å². The summed E-state index contributed by atoms with van der Waals surface area (Å²) < 4.78 is 55.0. The second-order valence-electron chi connectivity index (χ2n) is 8.38. The number of ketones is 1. The van der Waals surface area contributed by atoms with Gasteiger partial charge in [0.1, 0.15) is 27.0 Å². The monoisotopic (exact) mass is 610 g/mol. The molecule has 2 aromatic heterocycles. The summed E-state index contributed by atoms with van der Waals surface area (Å²) >= 11 is 13.1. The molecule has 0 saturated carbocycles. The Hall–Kier alpha value is -3.10. The van der Waals surface area contributed by atoms with Crippen LogP contribution in [0, 0.1) is 0 Å². The quantitative estimate of drug-likeness (QED) is 0.346. The van der Waals surface area contributed by atoms with Crippen LogP contribution in [0.2, 0.25) is 9.36 Å². The van der Waals surface area contributed by atoms with Crippen molar-refractivity contribution in [3.8, 4) is 5.69 Å². The Kier molecular flexibility index (Phi) is 6.68. The maximum Gasteiger partial charge on any atom is 0.286 e. The minimum absolute atomic E-state index is 0.0131. The predicted octanol–water partition coefficient (Wildman–Crippen LogP) is 3.87. The fourth-order valence-electron chi connectivity index (χ4n) is 3.96. The van der Waals surface area contributed by atoms with E-state index in [1.165, 1.54) is 49.6 Å². The first kappa shape index (κ1) is 26.5. The first-order valence-corrected chi connectivity index (χ1v) is 15.4. The molecule has 0 fully saturated rings. The van der Waals surface area contributed by atoms with E-state index in [1.54, 1.807) is 6.07 Å². The van der Waals surface area contributed by atoms with E-state index in [4.69, 9.17) is 23.2 Å². The predicted molar refractivity (Wildman–Crippen MR) is 146 cm³/mol. The minimum atomic E-state index is -3.99. The average molecular weight is 612 g/mol. The number of amidine groups is 1. The van der Waals surface area contributed by atoms with Crippen LogP contribution in [-0.4, -0.2) is 43.8 Å². The lowest BCUT2D eigenvalue weighted by Crippen LogP contribution is -2.22. The molecule has 15 heteroatoms. The van der Waals surface area contributed by atoms with E-state index >= 15 is 0 Å². The molecule has 0 saturated heterocycles. The second-order valence-corrected chi connectivity index (χ2v) is 14.3. The Morgan fingerprint density at radius 3 is 2.58 bits per heavy atom. The number of thiophene rings is 1. The van der Waals surface area contributed by atoms with Crippen LogP contribution in [0.5, 0.6) is 0 Å². The average Bonchev–Trinajstić information content (AvgIpc) is 3.25. The number of fused-ring (bicyclic) bond motifs is 2. The van der Waals surface area contributed by atoms with Gasteiger partial charge in [-0.05, 0) is 48.9 Å². The van der Waals surface area contributed by atoms with E-state index < -0.39 is 37.0 Å². The number of carbonyl (C=O) groups excluding carboxylic acids is 1. The van der Waals surface area contributed by atoms with E-state index in [0.29, 0.717) is 9.90 Å². The second kappa shape index (κ2) is 9.58. The van der Waals surface area contributed by atoms with Crippen molar-refractivity contribution in [3.05, 3.63) is 74.1 Å². The van der Waals surface area contributed by atoms with E-state index in [2.05, 4.69) is 14.7 Å². The Morgan fingerprint density at radius 1 is 1.13 bits per heavy atom. The van der Waals surface area contributed by atoms with Gasteiger partial charge in [0.2, 0.25) is 0 Å². The molecule has 196 valence electrons. The number of aromatic nitrogens is 2. The Labute approximate surface area is 230 Å². The largest absolute Gasteiger partial charge is 0.342 e. The van der Waals surface area contributed by atoms with Gasteiger partial charge in [-0.3, -0.25) is 14.2 Å². The van der Waals surface area contributed by atoms with Gasteiger partial charge in [0.15, 0.2) is 15.6 Å². The third-order valence-corrected chi connectivity index (χ3v) is 10.8. The van der Waals surface area contributed by atoms with Crippen LogP contribution in [0.1, 0.15) is 12.5 Å². The molecule has 0 radical (unpaired) electrons. The van der Waals surface area contributed by atoms with Gasteiger partial charge >= 0.3 is 0 Å². The smallest absolute Gasteiger partial charge is 0.286 e. The van der Waals surface area contributed by atoms with Gasteiger partial charge in [-0.1, -0.05) is 29.3 Å². The summed E-state index contributed by atoms with van der Waals surface area (Å²) in [6.45, 7) is 1.51. The minimum Gasteiger partial charge on any atom is -0.342 e. The molecule has 5 rings (SSSR count). The van der Waals surface area contributed by atoms with Crippen molar-refractivity contribution in [1.82, 2.24) is 9.55 Å². The van der Waals surface area contributed by atoms with Gasteiger partial charge in [0.25, 0.3) is 15.6 Å². The highest BCUT2D eigenvalue weighted by atomic mass is 35.5. The number of halogens is 2. The van der Waals surface area contributed by atoms with Gasteiger partial charge in [0.05, 0.1) is 31.6 Å². The van der Waals surface area contributed by atoms with Gasteiger partial charge in [0, 0.05) is 6.42 Å². The van der Waals surface area contributed by atoms with Crippen molar-refractivity contribution in [2.75, 3.05) is 11.1 Å². The van der Waals surface area contributed by atoms with Crippen LogP contribution in [0.4, 0.5) is 5.69 Å². The Bertz CT molecular complexity index is 1960. The molecule has 4 aromatic rings. The van der Waals surface area contributed by atoms with Gasteiger partial charge in [-0.25, -0.2) is 13.4 Å². The normalized spacial score (nSPS) is 14.6. The van der Waals surface area contributed by atoms with Crippen LogP contribution in [-0.2, 0) is 31.1 Å². The molecule has 0 bridgehead atoms. The van der Waals surface area contributed by atoms with Crippen molar-refractivity contribution >= 4 is 82.6 Å². The summed E-state index contributed by atoms with van der Waals surface area (Å²) in [5.41, 5.74) is 0.672. The lowest BCUT2D eigenvalue weighted by atomic mass is 10.1. The molecule has 0 atom stereocenters. The van der Waals surface area contributed by atoms with Crippen LogP contribution >= 0.6 is 34.5 Å². The van der Waals surface area contributed by atoms with E-state index in [-0.39, 0.29) is 48.7 Å². The Balaban J connectivity index is 1.44. The molecule has 1 N–H and O–H groups in total. The van der Waals surface area contributed by atoms with E-state index in [0.717, 1.165) is 15.9 Å². The zero-order valence-corrected chi connectivity index (χ0v) is 23.3. The highest BCUT2D eigenvalue weighted by molar-refractivity contribution is 7.94. The van der Waals surface area contributed by atoms with Gasteiger partial charge in [-0.15, -0.1) is 15.7 Å². The first-order chi connectivity index (χ1) is 17.8. The molecule has 2 aromatic carbocycles. The van der Waals surface area contributed by atoms with Gasteiger partial charge < -0.3 is 5.32 Å². The fraction of sp³-hybridized carbons (Fsp3) is 0.130. The third kappa shape index (κ3) is 4.99. The molecule has 38 heavy (non-hydrogen) atoms. The number of anilines is 1. The summed E-state index contributed by atoms with van der Waals surface area (Å²) in [5, 5.41) is 3.01. The summed E-state index contributed by atoms with van der Waals surface area (Å²) in [6.07, 6.45) is 1.07. The number of sulfonamides is 1. The van der Waals surface area contributed by atoms with Crippen LogP contribution in [0.15, 0.2) is 67.1 Å². The molecule has 1 aliphatic rings. The molecular formula is C23H16Cl2N4O6S3. The zero-order valence-electron chi connectivity index (χ0n) is 19.3. The first-order valence-electron chi connectivity index (χ1n) is 10.8. The summed E-state index contributed by atoms with van der Waals surface area (Å²) in [4.78, 5) is 29.9. The summed E-state index contributed by atoms with van der Waals surface area (Å²) in [5.74, 6) is -1.03. The van der Waals surface area contributed by atoms with Crippen molar-refractivity contribution < 1.29 is 21.6 Å². The molecule has 10 nitrogen and oxygen atoms in total. The molecule has 1 aliphatic heterocycles. The third-order valence-electron chi connectivity index (χ3n) is 5.59. The highest BCUT2D eigenvalue weighted by Gasteiger charge is 2.26. The number of carbonyl (C=O) groups is 1. The number of benzene rings is 2. The van der Waals surface area contributed by atoms with Crippen molar-refractivity contribution in [3.63, 3.8) is 0 Å². The van der Waals surface area contributed by atoms with E-state index in [9.17, 15) is 26.4 Å². The number of nitrogens with one attached hydrogen (secondary N) is 1. The lowest BCUT2D eigenvalue weighted by Gasteiger charge is -2.17. The van der Waals surface area contributed by atoms with Crippen molar-refractivity contribution in [2.24, 2.45) is 4.40 Å². The lowest BCUT2D eigenvalue weighted by molar-refractivity contribution is -0.116. The fourth-order valence-corrected chi connectivity index (χ4v) is 8.23. The maximum absolute atomic E-state index is 13.3. The molecule has 3 heterocycles. The van der Waals surface area contributed by atoms with Crippen LogP contribution < -0.4 is 10.9 Å². The van der Waals surface area contributed by atoms with Crippen LogP contribution in [0.3, 0.4) is 0 Å². The van der Waals surface area contributed by atoms with Crippen LogP contribution in [0.25, 0.3) is 16.6 Å². The number of Topliss-reactive ketones (excluding diaryl/α,β-unsaturated/α-hetero) is 1. The standard InChI is InChI=1S/C23H16Cl2N4O6S3/c1-12-27-18-9-17-15(8-20(18)38(34,35)28-12)23(31)29(11-26-17)19-3-2-13(7-16(19)24)6-14(30)10-37(32,33)22-5-4-21(25)36-22/h2-5,7-9,11H,6,10H2,1H3,(H,27,28). The number of sulfone groups is 1. The topological polar surface area (TPSA) is 145 Å². The highest BCUT2D eigenvalue weighted by Crippen LogP contribution is 2.31. The summed E-state index contributed by atoms with van der Waals surface area (Å²) in [7, 11) is -7.81. The zero-order chi connectivity index (χ0) is 27.4.